The summed E-state index contributed by atoms with van der Waals surface area (Å²) in [5, 5.41) is 3.45. The highest BCUT2D eigenvalue weighted by Crippen LogP contribution is 2.15. The predicted molar refractivity (Wildman–Crippen MR) is 73.9 cm³/mol. The first-order chi connectivity index (χ1) is 8.16. The lowest BCUT2D eigenvalue weighted by Gasteiger charge is -2.21. The van der Waals surface area contributed by atoms with E-state index < -0.39 is 0 Å². The molecule has 1 aliphatic heterocycles. The summed E-state index contributed by atoms with van der Waals surface area (Å²) in [4.78, 5) is 2.43. The Kier molecular flexibility index (Phi) is 3.85. The quantitative estimate of drug-likeness (QED) is 0.855. The lowest BCUT2D eigenvalue weighted by atomic mass is 10.1. The Morgan fingerprint density at radius 1 is 1.41 bits per heavy atom. The molecule has 17 heavy (non-hydrogen) atoms. The van der Waals surface area contributed by atoms with Gasteiger partial charge in [0.15, 0.2) is 0 Å². The lowest BCUT2D eigenvalue weighted by molar-refractivity contribution is 0.309. The van der Waals surface area contributed by atoms with Crippen molar-refractivity contribution in [3.63, 3.8) is 0 Å². The van der Waals surface area contributed by atoms with Crippen molar-refractivity contribution in [1.82, 2.24) is 10.2 Å². The number of likely N-dealkylation sites (N-methyl/N-ethyl adjacent to an activating group) is 1. The van der Waals surface area contributed by atoms with E-state index in [-0.39, 0.29) is 0 Å². The standard InChI is InChI=1S/C15H22N2/c1-12-6-8-14(9-7-12)13(2)16-11-15-5-4-10-17(15)3/h6-9,15-16H,2,4-5,10-11H2,1,3H3. The van der Waals surface area contributed by atoms with Gasteiger partial charge in [0.2, 0.25) is 0 Å². The summed E-state index contributed by atoms with van der Waals surface area (Å²) in [7, 11) is 2.20. The van der Waals surface area contributed by atoms with E-state index in [1.807, 2.05) is 0 Å². The summed E-state index contributed by atoms with van der Waals surface area (Å²) in [6.07, 6.45) is 2.62. The summed E-state index contributed by atoms with van der Waals surface area (Å²) in [5.74, 6) is 0. The number of benzene rings is 1. The molecule has 1 aliphatic rings. The van der Waals surface area contributed by atoms with Gasteiger partial charge in [-0.25, -0.2) is 0 Å². The summed E-state index contributed by atoms with van der Waals surface area (Å²) < 4.78 is 0. The molecule has 1 heterocycles. The van der Waals surface area contributed by atoms with Crippen molar-refractivity contribution in [2.75, 3.05) is 20.1 Å². The van der Waals surface area contributed by atoms with Gasteiger partial charge < -0.3 is 10.2 Å². The van der Waals surface area contributed by atoms with Crippen molar-refractivity contribution in [3.05, 3.63) is 42.0 Å². The van der Waals surface area contributed by atoms with Crippen LogP contribution in [0.15, 0.2) is 30.8 Å². The van der Waals surface area contributed by atoms with E-state index in [0.29, 0.717) is 6.04 Å². The maximum atomic E-state index is 4.11. The van der Waals surface area contributed by atoms with Crippen molar-refractivity contribution in [2.24, 2.45) is 0 Å². The summed E-state index contributed by atoms with van der Waals surface area (Å²) in [5.41, 5.74) is 3.51. The third-order valence-electron chi connectivity index (χ3n) is 3.62. The number of hydrogen-bond donors (Lipinski definition) is 1. The monoisotopic (exact) mass is 230 g/mol. The third kappa shape index (κ3) is 3.10. The van der Waals surface area contributed by atoms with Gasteiger partial charge in [0.1, 0.15) is 0 Å². The number of rotatable bonds is 4. The lowest BCUT2D eigenvalue weighted by Crippen LogP contribution is -2.34. The highest BCUT2D eigenvalue weighted by Gasteiger charge is 2.20. The second-order valence-corrected chi connectivity index (χ2v) is 5.00. The van der Waals surface area contributed by atoms with Crippen LogP contribution >= 0.6 is 0 Å². The molecule has 2 heteroatoms. The normalized spacial score (nSPS) is 20.5. The van der Waals surface area contributed by atoms with Crippen LogP contribution in [0.25, 0.3) is 5.70 Å². The van der Waals surface area contributed by atoms with E-state index in [9.17, 15) is 0 Å². The smallest absolute Gasteiger partial charge is 0.0341 e. The van der Waals surface area contributed by atoms with Gasteiger partial charge in [-0.1, -0.05) is 36.4 Å². The number of aryl methyl sites for hydroxylation is 1. The molecule has 1 unspecified atom stereocenters. The maximum Gasteiger partial charge on any atom is 0.0341 e. The van der Waals surface area contributed by atoms with E-state index in [1.54, 1.807) is 0 Å². The first-order valence-electron chi connectivity index (χ1n) is 6.37. The van der Waals surface area contributed by atoms with E-state index in [2.05, 4.69) is 55.0 Å². The molecular weight excluding hydrogens is 208 g/mol. The van der Waals surface area contributed by atoms with Gasteiger partial charge in [-0.05, 0) is 38.9 Å². The van der Waals surface area contributed by atoms with Crippen LogP contribution in [0.2, 0.25) is 0 Å². The zero-order valence-electron chi connectivity index (χ0n) is 10.9. The van der Waals surface area contributed by atoms with Crippen LogP contribution < -0.4 is 5.32 Å². The molecule has 1 aromatic rings. The fourth-order valence-corrected chi connectivity index (χ4v) is 2.33. The Bertz CT molecular complexity index is 380. The zero-order valence-corrected chi connectivity index (χ0v) is 10.9. The van der Waals surface area contributed by atoms with Crippen molar-refractivity contribution in [3.8, 4) is 0 Å². The van der Waals surface area contributed by atoms with E-state index in [0.717, 1.165) is 12.2 Å². The maximum absolute atomic E-state index is 4.11. The molecular formula is C15H22N2. The van der Waals surface area contributed by atoms with Gasteiger partial charge in [-0.15, -0.1) is 0 Å². The van der Waals surface area contributed by atoms with Crippen LogP contribution in [0.5, 0.6) is 0 Å². The molecule has 0 aromatic heterocycles. The first kappa shape index (κ1) is 12.2. The highest BCUT2D eigenvalue weighted by atomic mass is 15.2. The Morgan fingerprint density at radius 3 is 2.71 bits per heavy atom. The molecule has 0 spiro atoms. The van der Waals surface area contributed by atoms with Gasteiger partial charge in [0, 0.05) is 18.3 Å². The predicted octanol–water partition coefficient (Wildman–Crippen LogP) is 2.65. The van der Waals surface area contributed by atoms with E-state index in [4.69, 9.17) is 0 Å². The van der Waals surface area contributed by atoms with Crippen LogP contribution in [0.3, 0.4) is 0 Å². The number of likely N-dealkylation sites (tertiary alicyclic amines) is 1. The Labute approximate surface area is 104 Å². The van der Waals surface area contributed by atoms with Crippen molar-refractivity contribution in [2.45, 2.75) is 25.8 Å². The van der Waals surface area contributed by atoms with Crippen LogP contribution in [-0.4, -0.2) is 31.1 Å². The molecule has 0 saturated carbocycles. The van der Waals surface area contributed by atoms with E-state index >= 15 is 0 Å². The molecule has 1 fully saturated rings. The second-order valence-electron chi connectivity index (χ2n) is 5.00. The van der Waals surface area contributed by atoms with Crippen LogP contribution in [0.1, 0.15) is 24.0 Å². The molecule has 0 amide bonds. The number of nitrogens with zero attached hydrogens (tertiary/aromatic N) is 1. The fraction of sp³-hybridized carbons (Fsp3) is 0.467. The van der Waals surface area contributed by atoms with Crippen LogP contribution in [-0.2, 0) is 0 Å². The molecule has 0 aliphatic carbocycles. The Balaban J connectivity index is 1.87. The van der Waals surface area contributed by atoms with Crippen LogP contribution in [0, 0.1) is 6.92 Å². The minimum atomic E-state index is 0.664. The van der Waals surface area contributed by atoms with Crippen LogP contribution in [0.4, 0.5) is 0 Å². The highest BCUT2D eigenvalue weighted by molar-refractivity contribution is 5.61. The molecule has 1 N–H and O–H groups in total. The minimum absolute atomic E-state index is 0.664. The zero-order chi connectivity index (χ0) is 12.3. The van der Waals surface area contributed by atoms with Gasteiger partial charge in [-0.2, -0.15) is 0 Å². The molecule has 1 atom stereocenters. The summed E-state index contributed by atoms with van der Waals surface area (Å²) >= 11 is 0. The Morgan fingerprint density at radius 2 is 2.12 bits per heavy atom. The Hall–Kier alpha value is -1.28. The molecule has 0 bridgehead atoms. The second kappa shape index (κ2) is 5.37. The van der Waals surface area contributed by atoms with Gasteiger partial charge in [0.25, 0.3) is 0 Å². The van der Waals surface area contributed by atoms with Crippen molar-refractivity contribution >= 4 is 5.70 Å². The average molecular weight is 230 g/mol. The number of hydrogen-bond acceptors (Lipinski definition) is 2. The average Bonchev–Trinajstić information content (AvgIpc) is 2.73. The molecule has 2 nitrogen and oxygen atoms in total. The summed E-state index contributed by atoms with van der Waals surface area (Å²) in [6.45, 7) is 8.44. The van der Waals surface area contributed by atoms with Gasteiger partial charge in [-0.3, -0.25) is 0 Å². The fourth-order valence-electron chi connectivity index (χ4n) is 2.33. The number of nitrogens with one attached hydrogen (secondary N) is 1. The largest absolute Gasteiger partial charge is 0.383 e. The van der Waals surface area contributed by atoms with E-state index in [1.165, 1.54) is 30.5 Å². The third-order valence-corrected chi connectivity index (χ3v) is 3.62. The van der Waals surface area contributed by atoms with Crippen molar-refractivity contribution < 1.29 is 0 Å². The molecule has 1 aromatic carbocycles. The molecule has 1 saturated heterocycles. The molecule has 0 radical (unpaired) electrons. The molecule has 2 rings (SSSR count). The topological polar surface area (TPSA) is 15.3 Å². The SMILES string of the molecule is C=C(NCC1CCCN1C)c1ccc(C)cc1. The minimum Gasteiger partial charge on any atom is -0.383 e. The first-order valence-corrected chi connectivity index (χ1v) is 6.37. The van der Waals surface area contributed by atoms with Gasteiger partial charge in [0.05, 0.1) is 0 Å². The van der Waals surface area contributed by atoms with Gasteiger partial charge >= 0.3 is 0 Å². The van der Waals surface area contributed by atoms with Crippen molar-refractivity contribution in [1.29, 1.82) is 0 Å². The molecule has 92 valence electrons. The summed E-state index contributed by atoms with van der Waals surface area (Å²) in [6, 6.07) is 9.18.